The van der Waals surface area contributed by atoms with Crippen LogP contribution in [0.4, 0.5) is 0 Å². The third-order valence-corrected chi connectivity index (χ3v) is 3.56. The molecule has 4 nitrogen and oxygen atoms in total. The summed E-state index contributed by atoms with van der Waals surface area (Å²) in [7, 11) is 7.94. The molecule has 0 saturated carbocycles. The van der Waals surface area contributed by atoms with Crippen LogP contribution in [-0.2, 0) is 30.6 Å². The number of aromatic nitrogens is 2. The molecule has 25 heavy (non-hydrogen) atoms. The van der Waals surface area contributed by atoms with Crippen molar-refractivity contribution in [3.05, 3.63) is 72.6 Å². The molecule has 0 bridgehead atoms. The quantitative estimate of drug-likeness (QED) is 0.293. The maximum absolute atomic E-state index is 12.0. The third-order valence-electron chi connectivity index (χ3n) is 3.56. The molecular formula is C19H16ClN2O2Pt+. The van der Waals surface area contributed by atoms with Gasteiger partial charge >= 0.3 is 34.2 Å². The summed E-state index contributed by atoms with van der Waals surface area (Å²) in [4.78, 5) is 16.3. The third kappa shape index (κ3) is 4.74. The molecule has 3 aromatic rings. The van der Waals surface area contributed by atoms with Crippen LogP contribution in [0, 0.1) is 6.07 Å². The maximum atomic E-state index is 12.0. The van der Waals surface area contributed by atoms with Crippen LogP contribution in [0.2, 0.25) is 0 Å². The van der Waals surface area contributed by atoms with Crippen molar-refractivity contribution in [2.45, 2.75) is 0 Å². The minimum absolute atomic E-state index is 0.379. The molecule has 0 N–H and O–H groups in total. The van der Waals surface area contributed by atoms with Gasteiger partial charge in [-0.3, -0.25) is 4.98 Å². The molecular weight excluding hydrogens is 519 g/mol. The van der Waals surface area contributed by atoms with Gasteiger partial charge in [0, 0.05) is 18.0 Å². The second kappa shape index (κ2) is 9.45. The molecule has 0 aliphatic carbocycles. The number of halogens is 1. The number of aryl methyl sites for hydroxylation is 1. The Morgan fingerprint density at radius 2 is 1.88 bits per heavy atom. The Labute approximate surface area is 162 Å². The number of hydrogen-bond donors (Lipinski definition) is 0. The van der Waals surface area contributed by atoms with Crippen LogP contribution in [0.25, 0.3) is 22.5 Å². The summed E-state index contributed by atoms with van der Waals surface area (Å²) in [6.07, 6.45) is 3.67. The number of pyridine rings is 2. The van der Waals surface area contributed by atoms with E-state index in [2.05, 4.69) is 20.5 Å². The zero-order valence-corrected chi connectivity index (χ0v) is 16.7. The van der Waals surface area contributed by atoms with Gasteiger partial charge in [-0.2, -0.15) is 0 Å². The van der Waals surface area contributed by atoms with Gasteiger partial charge in [-0.05, 0) is 17.7 Å². The molecule has 2 aromatic heterocycles. The van der Waals surface area contributed by atoms with Gasteiger partial charge in [-0.25, -0.2) is 9.36 Å². The average molecular weight is 535 g/mol. The SMILES string of the molecule is COC(=O)c1cc(-c2ccccn2)[c-]c(-c2cccc[n+]2C)c1.[Cl][Pt+]. The molecule has 0 amide bonds. The van der Waals surface area contributed by atoms with Gasteiger partial charge in [0.2, 0.25) is 0 Å². The second-order valence-electron chi connectivity index (χ2n) is 5.10. The standard InChI is InChI=1S/C19H16N2O2.ClH.Pt/c1-21-10-6-4-8-18(21)15-11-14(17-7-3-5-9-20-17)12-16(13-15)19(22)23-2;;/h3-10,12-13H,1-2H3;1H;/q;;+2/p-1. The average Bonchev–Trinajstić information content (AvgIpc) is 2.69. The molecule has 1 aromatic carbocycles. The van der Waals surface area contributed by atoms with Crippen LogP contribution in [-0.4, -0.2) is 18.1 Å². The summed E-state index contributed by atoms with van der Waals surface area (Å²) in [5.74, 6) is -0.379. The molecule has 0 saturated heterocycles. The van der Waals surface area contributed by atoms with Gasteiger partial charge in [-0.1, -0.05) is 29.3 Å². The van der Waals surface area contributed by atoms with Crippen molar-refractivity contribution >= 4 is 15.4 Å². The summed E-state index contributed by atoms with van der Waals surface area (Å²) in [5.41, 5.74) is 3.77. The van der Waals surface area contributed by atoms with Crippen molar-refractivity contribution in [1.29, 1.82) is 0 Å². The van der Waals surface area contributed by atoms with E-state index in [1.807, 2.05) is 54.2 Å². The Kier molecular flexibility index (Phi) is 7.29. The number of benzene rings is 1. The predicted molar refractivity (Wildman–Crippen MR) is 92.3 cm³/mol. The van der Waals surface area contributed by atoms with Gasteiger partial charge in [0.25, 0.3) is 0 Å². The van der Waals surface area contributed by atoms with Gasteiger partial charge in [-0.15, -0.1) is 18.2 Å². The van der Waals surface area contributed by atoms with Gasteiger partial charge in [0.1, 0.15) is 12.7 Å². The van der Waals surface area contributed by atoms with Crippen molar-refractivity contribution in [2.75, 3.05) is 7.11 Å². The first-order chi connectivity index (χ1) is 12.2. The van der Waals surface area contributed by atoms with E-state index < -0.39 is 0 Å². The molecule has 0 aliphatic rings. The topological polar surface area (TPSA) is 43.1 Å². The van der Waals surface area contributed by atoms with Crippen molar-refractivity contribution in [1.82, 2.24) is 4.98 Å². The van der Waals surface area contributed by atoms with Crippen LogP contribution < -0.4 is 4.57 Å². The number of nitrogens with zero attached hydrogens (tertiary/aromatic N) is 2. The van der Waals surface area contributed by atoms with Gasteiger partial charge in [0.15, 0.2) is 6.20 Å². The number of carbonyl (C=O) groups is 1. The monoisotopic (exact) mass is 534 g/mol. The van der Waals surface area contributed by atoms with Crippen molar-refractivity contribution in [2.24, 2.45) is 7.05 Å². The van der Waals surface area contributed by atoms with E-state index in [1.165, 1.54) is 7.11 Å². The zero-order valence-electron chi connectivity index (χ0n) is 13.7. The Morgan fingerprint density at radius 1 is 1.16 bits per heavy atom. The van der Waals surface area contributed by atoms with E-state index in [9.17, 15) is 4.79 Å². The number of rotatable bonds is 3. The number of ether oxygens (including phenoxy) is 1. The van der Waals surface area contributed by atoms with E-state index in [-0.39, 0.29) is 5.97 Å². The first-order valence-electron chi connectivity index (χ1n) is 7.33. The van der Waals surface area contributed by atoms with Crippen LogP contribution >= 0.6 is 9.42 Å². The summed E-state index contributed by atoms with van der Waals surface area (Å²) in [5, 5.41) is 0. The first kappa shape index (κ1) is 19.3. The van der Waals surface area contributed by atoms with E-state index in [0.29, 0.717) is 5.56 Å². The molecule has 3 rings (SSSR count). The molecule has 0 radical (unpaired) electrons. The van der Waals surface area contributed by atoms with Gasteiger partial charge in [0.05, 0.1) is 7.11 Å². The normalized spacial score (nSPS) is 9.80. The van der Waals surface area contributed by atoms with Crippen LogP contribution in [0.3, 0.4) is 0 Å². The van der Waals surface area contributed by atoms with Crippen LogP contribution in [0.15, 0.2) is 60.9 Å². The fraction of sp³-hybridized carbons (Fsp3) is 0.105. The van der Waals surface area contributed by atoms with Crippen molar-refractivity contribution in [3.63, 3.8) is 0 Å². The summed E-state index contributed by atoms with van der Waals surface area (Å²) < 4.78 is 6.85. The number of carbonyl (C=O) groups excluding carboxylic acids is 1. The van der Waals surface area contributed by atoms with E-state index in [1.54, 1.807) is 37.1 Å². The van der Waals surface area contributed by atoms with E-state index in [4.69, 9.17) is 4.74 Å². The number of methoxy groups -OCH3 is 1. The molecule has 6 heteroatoms. The molecule has 0 unspecified atom stereocenters. The van der Waals surface area contributed by atoms with Crippen LogP contribution in [0.1, 0.15) is 10.4 Å². The Bertz CT molecular complexity index is 857. The number of esters is 1. The Morgan fingerprint density at radius 3 is 2.52 bits per heavy atom. The fourth-order valence-corrected chi connectivity index (χ4v) is 2.41. The Hall–Kier alpha value is -2.03. The molecule has 0 atom stereocenters. The molecule has 2 heterocycles. The predicted octanol–water partition coefficient (Wildman–Crippen LogP) is 3.51. The second-order valence-corrected chi connectivity index (χ2v) is 5.10. The Balaban J connectivity index is 0.00000109. The fourth-order valence-electron chi connectivity index (χ4n) is 2.41. The van der Waals surface area contributed by atoms with E-state index >= 15 is 0 Å². The molecule has 130 valence electrons. The van der Waals surface area contributed by atoms with Crippen LogP contribution in [0.5, 0.6) is 0 Å². The van der Waals surface area contributed by atoms with E-state index in [0.717, 1.165) is 22.5 Å². The van der Waals surface area contributed by atoms with Crippen molar-refractivity contribution < 1.29 is 32.9 Å². The number of hydrogen-bond acceptors (Lipinski definition) is 3. The zero-order chi connectivity index (χ0) is 18.2. The first-order valence-corrected chi connectivity index (χ1v) is 10.1. The summed E-state index contributed by atoms with van der Waals surface area (Å²) in [6.45, 7) is 0. The molecule has 0 spiro atoms. The minimum atomic E-state index is -0.379. The summed E-state index contributed by atoms with van der Waals surface area (Å²) >= 11 is 1.61. The molecule has 0 fully saturated rings. The van der Waals surface area contributed by atoms with Gasteiger partial charge < -0.3 is 4.74 Å². The summed E-state index contributed by atoms with van der Waals surface area (Å²) in [6, 6.07) is 18.4. The molecule has 0 aliphatic heterocycles. The van der Waals surface area contributed by atoms with Crippen molar-refractivity contribution in [3.8, 4) is 22.5 Å².